The lowest BCUT2D eigenvalue weighted by Gasteiger charge is -2.69. The molecule has 6 aliphatic rings. The average Bonchev–Trinajstić information content (AvgIpc) is 3.09. The topological polar surface area (TPSA) is 38.7 Å². The zero-order chi connectivity index (χ0) is 22.2. The van der Waals surface area contributed by atoms with Gasteiger partial charge in [-0.1, -0.05) is 59.8 Å². The van der Waals surface area contributed by atoms with Crippen LogP contribution in [0.25, 0.3) is 0 Å². The summed E-state index contributed by atoms with van der Waals surface area (Å²) in [6.45, 7) is 14.4. The summed E-state index contributed by atoms with van der Waals surface area (Å²) < 4.78 is 0. The lowest BCUT2D eigenvalue weighted by molar-refractivity contribution is -0.497. The van der Waals surface area contributed by atoms with Gasteiger partial charge in [-0.05, 0) is 73.7 Å². The molecule has 4 aliphatic carbocycles. The Hall–Kier alpha value is -0.640. The third kappa shape index (κ3) is 2.88. The summed E-state index contributed by atoms with van der Waals surface area (Å²) in [5, 5.41) is 10.4. The molecule has 4 fully saturated rings. The number of allylic oxidation sites excluding steroid dienone is 2. The molecule has 1 saturated heterocycles. The van der Waals surface area contributed by atoms with Crippen LogP contribution in [0.5, 0.6) is 0 Å². The Labute approximate surface area is 189 Å². The van der Waals surface area contributed by atoms with Gasteiger partial charge in [-0.25, -0.2) is 9.78 Å². The predicted octanol–water partition coefficient (Wildman–Crippen LogP) is 6.47. The fourth-order valence-electron chi connectivity index (χ4n) is 8.71. The molecule has 0 aromatic heterocycles. The zero-order valence-electron chi connectivity index (χ0n) is 20.6. The van der Waals surface area contributed by atoms with Crippen LogP contribution in [0.3, 0.4) is 0 Å². The van der Waals surface area contributed by atoms with Crippen molar-refractivity contribution in [3.63, 3.8) is 0 Å². The van der Waals surface area contributed by atoms with Gasteiger partial charge in [0.15, 0.2) is 0 Å². The first kappa shape index (κ1) is 22.2. The van der Waals surface area contributed by atoms with Crippen LogP contribution in [0.4, 0.5) is 0 Å². The van der Waals surface area contributed by atoms with Crippen molar-refractivity contribution in [2.24, 2.45) is 46.3 Å². The summed E-state index contributed by atoms with van der Waals surface area (Å²) in [6, 6.07) is 0. The normalized spacial score (nSPS) is 52.8. The third-order valence-electron chi connectivity index (χ3n) is 11.1. The van der Waals surface area contributed by atoms with E-state index in [4.69, 9.17) is 9.78 Å². The SMILES string of the molecule is CC(C)[C@H](C)C=C[C@@H](C)[C@H]1CC[C@@H]2[C@]1(C)CC[C@@H]1[C@]23C=C[C@]2(C[C@@H](O)CC[C@]12C)OO3. The number of rotatable bonds is 4. The molecule has 2 heterocycles. The summed E-state index contributed by atoms with van der Waals surface area (Å²) in [7, 11) is 0. The lowest BCUT2D eigenvalue weighted by Crippen LogP contribution is -2.73. The van der Waals surface area contributed by atoms with E-state index in [1.54, 1.807) is 0 Å². The van der Waals surface area contributed by atoms with Crippen molar-refractivity contribution < 1.29 is 14.9 Å². The van der Waals surface area contributed by atoms with Crippen molar-refractivity contribution >= 4 is 0 Å². The average molecular weight is 429 g/mol. The molecule has 2 aliphatic heterocycles. The van der Waals surface area contributed by atoms with Crippen LogP contribution in [0.2, 0.25) is 0 Å². The molecule has 174 valence electrons. The predicted molar refractivity (Wildman–Crippen MR) is 124 cm³/mol. The lowest BCUT2D eigenvalue weighted by atomic mass is 9.43. The summed E-state index contributed by atoms with van der Waals surface area (Å²) in [6.07, 6.45) is 17.0. The molecular weight excluding hydrogens is 384 g/mol. The van der Waals surface area contributed by atoms with E-state index >= 15 is 0 Å². The van der Waals surface area contributed by atoms with Crippen LogP contribution in [0.1, 0.15) is 86.5 Å². The highest BCUT2D eigenvalue weighted by atomic mass is 17.2. The van der Waals surface area contributed by atoms with Crippen molar-refractivity contribution in [2.75, 3.05) is 0 Å². The largest absolute Gasteiger partial charge is 0.393 e. The highest BCUT2D eigenvalue weighted by molar-refractivity contribution is 5.33. The number of hydrogen-bond acceptors (Lipinski definition) is 3. The fraction of sp³-hybridized carbons (Fsp3) is 0.857. The van der Waals surface area contributed by atoms with Gasteiger partial charge in [-0.3, -0.25) is 0 Å². The zero-order valence-corrected chi connectivity index (χ0v) is 20.6. The number of aliphatic hydroxyl groups excluding tert-OH is 1. The second-order valence-corrected chi connectivity index (χ2v) is 12.7. The summed E-state index contributed by atoms with van der Waals surface area (Å²) in [5.74, 6) is 3.64. The molecule has 1 N–H and O–H groups in total. The maximum Gasteiger partial charge on any atom is 0.130 e. The van der Waals surface area contributed by atoms with Gasteiger partial charge in [-0.15, -0.1) is 0 Å². The minimum Gasteiger partial charge on any atom is -0.393 e. The van der Waals surface area contributed by atoms with E-state index in [9.17, 15) is 5.11 Å². The maximum atomic E-state index is 10.4. The molecule has 0 unspecified atom stereocenters. The Morgan fingerprint density at radius 3 is 2.35 bits per heavy atom. The quantitative estimate of drug-likeness (QED) is 0.412. The van der Waals surface area contributed by atoms with E-state index in [1.807, 2.05) is 0 Å². The van der Waals surface area contributed by atoms with Gasteiger partial charge in [0, 0.05) is 23.7 Å². The fourth-order valence-corrected chi connectivity index (χ4v) is 8.71. The van der Waals surface area contributed by atoms with E-state index in [-0.39, 0.29) is 22.5 Å². The Morgan fingerprint density at radius 1 is 0.903 bits per heavy atom. The van der Waals surface area contributed by atoms with Gasteiger partial charge < -0.3 is 5.11 Å². The molecule has 3 saturated carbocycles. The van der Waals surface area contributed by atoms with Gasteiger partial charge in [0.25, 0.3) is 0 Å². The molecule has 3 nitrogen and oxygen atoms in total. The standard InChI is InChI=1S/C28H44O3/c1-18(2)19(3)7-8-20(4)22-9-10-23-25(22,5)13-12-24-26(6)14-11-21(29)17-27(26)15-16-28(23,24)31-30-27/h7-8,15-16,18-24,29H,9-14,17H2,1-6H3/t19-,20-,21+,22-,23-,24+,25-,26-,27-,28+/m1/s1. The summed E-state index contributed by atoms with van der Waals surface area (Å²) >= 11 is 0. The highest BCUT2D eigenvalue weighted by Gasteiger charge is 2.74. The molecule has 0 aromatic carbocycles. The molecule has 3 heteroatoms. The van der Waals surface area contributed by atoms with Gasteiger partial charge in [-0.2, -0.15) is 0 Å². The summed E-state index contributed by atoms with van der Waals surface area (Å²) in [5.41, 5.74) is -0.366. The molecule has 2 spiro atoms. The minimum absolute atomic E-state index is 0.0663. The minimum atomic E-state index is -0.439. The summed E-state index contributed by atoms with van der Waals surface area (Å²) in [4.78, 5) is 12.8. The first-order chi connectivity index (χ1) is 14.6. The first-order valence-electron chi connectivity index (χ1n) is 13.0. The van der Waals surface area contributed by atoms with Gasteiger partial charge >= 0.3 is 0 Å². The molecule has 0 radical (unpaired) electrons. The molecule has 31 heavy (non-hydrogen) atoms. The Balaban J connectivity index is 1.45. The monoisotopic (exact) mass is 428 g/mol. The molecule has 0 amide bonds. The van der Waals surface area contributed by atoms with Crippen molar-refractivity contribution in [2.45, 2.75) is 104 Å². The van der Waals surface area contributed by atoms with Gasteiger partial charge in [0.1, 0.15) is 11.2 Å². The van der Waals surface area contributed by atoms with Gasteiger partial charge in [0.2, 0.25) is 0 Å². The maximum absolute atomic E-state index is 10.4. The molecule has 0 aromatic rings. The van der Waals surface area contributed by atoms with E-state index < -0.39 is 5.60 Å². The Morgan fingerprint density at radius 2 is 1.68 bits per heavy atom. The Bertz CT molecular complexity index is 772. The van der Waals surface area contributed by atoms with Crippen molar-refractivity contribution in [1.82, 2.24) is 0 Å². The second kappa shape index (κ2) is 7.18. The van der Waals surface area contributed by atoms with Gasteiger partial charge in [0.05, 0.1) is 6.10 Å². The second-order valence-electron chi connectivity index (χ2n) is 12.7. The van der Waals surface area contributed by atoms with Crippen molar-refractivity contribution in [3.05, 3.63) is 24.3 Å². The van der Waals surface area contributed by atoms with E-state index in [0.29, 0.717) is 41.9 Å². The number of fused-ring (bicyclic) bond motifs is 2. The molecule has 6 rings (SSSR count). The van der Waals surface area contributed by atoms with Crippen molar-refractivity contribution in [3.8, 4) is 0 Å². The van der Waals surface area contributed by atoms with Crippen LogP contribution < -0.4 is 0 Å². The highest BCUT2D eigenvalue weighted by Crippen LogP contribution is 2.72. The van der Waals surface area contributed by atoms with Crippen LogP contribution in [-0.2, 0) is 9.78 Å². The first-order valence-corrected chi connectivity index (χ1v) is 13.0. The van der Waals surface area contributed by atoms with Crippen LogP contribution in [0.15, 0.2) is 24.3 Å². The van der Waals surface area contributed by atoms with E-state index in [0.717, 1.165) is 12.8 Å². The van der Waals surface area contributed by atoms with Crippen LogP contribution in [0, 0.1) is 46.3 Å². The van der Waals surface area contributed by atoms with E-state index in [2.05, 4.69) is 65.8 Å². The van der Waals surface area contributed by atoms with E-state index in [1.165, 1.54) is 25.7 Å². The van der Waals surface area contributed by atoms with Crippen LogP contribution in [-0.4, -0.2) is 22.4 Å². The Kier molecular flexibility index (Phi) is 5.13. The number of aliphatic hydroxyl groups is 1. The molecule has 2 bridgehead atoms. The van der Waals surface area contributed by atoms with Crippen LogP contribution >= 0.6 is 0 Å². The van der Waals surface area contributed by atoms with Crippen molar-refractivity contribution in [1.29, 1.82) is 0 Å². The molecule has 10 atom stereocenters. The third-order valence-corrected chi connectivity index (χ3v) is 11.1. The smallest absolute Gasteiger partial charge is 0.130 e. The number of hydrogen-bond donors (Lipinski definition) is 1. The molecular formula is C28H44O3.